The maximum atomic E-state index is 12.4. The first-order chi connectivity index (χ1) is 13.9. The van der Waals surface area contributed by atoms with Gasteiger partial charge in [-0.05, 0) is 24.1 Å². The average Bonchev–Trinajstić information content (AvgIpc) is 3.34. The number of thiazole rings is 1. The number of carbonyl (C=O) groups is 2. The maximum Gasteiger partial charge on any atom is 0.259 e. The molecule has 0 saturated heterocycles. The highest BCUT2D eigenvalue weighted by molar-refractivity contribution is 7.14. The van der Waals surface area contributed by atoms with E-state index in [2.05, 4.69) is 34.4 Å². The topological polar surface area (TPSA) is 106 Å². The number of amides is 2. The summed E-state index contributed by atoms with van der Waals surface area (Å²) in [6.07, 6.45) is 1.47. The van der Waals surface area contributed by atoms with Crippen LogP contribution in [0.2, 0.25) is 0 Å². The Morgan fingerprint density at radius 1 is 1.24 bits per heavy atom. The van der Waals surface area contributed by atoms with Gasteiger partial charge in [0.05, 0.1) is 18.7 Å². The van der Waals surface area contributed by atoms with Gasteiger partial charge in [0, 0.05) is 24.6 Å². The smallest absolute Gasteiger partial charge is 0.259 e. The van der Waals surface area contributed by atoms with Gasteiger partial charge in [0.2, 0.25) is 11.8 Å². The first-order valence-electron chi connectivity index (χ1n) is 9.10. The SMILES string of the molecule is CC(=O)NCc1ccc(-c2csc(NC(=O)c3ccc(OCC(C)C)nc3)n2)o1. The first kappa shape index (κ1) is 20.5. The summed E-state index contributed by atoms with van der Waals surface area (Å²) in [6.45, 7) is 6.43. The largest absolute Gasteiger partial charge is 0.477 e. The van der Waals surface area contributed by atoms with Crippen molar-refractivity contribution in [3.63, 3.8) is 0 Å². The van der Waals surface area contributed by atoms with Crippen LogP contribution in [0.3, 0.4) is 0 Å². The molecule has 29 heavy (non-hydrogen) atoms. The van der Waals surface area contributed by atoms with Crippen LogP contribution in [0.25, 0.3) is 11.5 Å². The van der Waals surface area contributed by atoms with Crippen molar-refractivity contribution in [2.75, 3.05) is 11.9 Å². The number of nitrogens with one attached hydrogen (secondary N) is 2. The second-order valence-electron chi connectivity index (χ2n) is 6.76. The van der Waals surface area contributed by atoms with Crippen molar-refractivity contribution < 1.29 is 18.7 Å². The Bertz CT molecular complexity index is 979. The molecule has 8 nitrogen and oxygen atoms in total. The molecule has 2 amide bonds. The van der Waals surface area contributed by atoms with E-state index >= 15 is 0 Å². The number of nitrogens with zero attached hydrogens (tertiary/aromatic N) is 2. The Morgan fingerprint density at radius 3 is 2.76 bits per heavy atom. The van der Waals surface area contributed by atoms with E-state index in [0.717, 1.165) is 0 Å². The van der Waals surface area contributed by atoms with Crippen LogP contribution < -0.4 is 15.4 Å². The van der Waals surface area contributed by atoms with E-state index in [4.69, 9.17) is 9.15 Å². The molecular formula is C20H22N4O4S. The lowest BCUT2D eigenvalue weighted by molar-refractivity contribution is -0.119. The molecular weight excluding hydrogens is 392 g/mol. The van der Waals surface area contributed by atoms with Crippen LogP contribution in [0.5, 0.6) is 5.88 Å². The first-order valence-corrected chi connectivity index (χ1v) is 9.98. The summed E-state index contributed by atoms with van der Waals surface area (Å²) >= 11 is 1.29. The van der Waals surface area contributed by atoms with Gasteiger partial charge >= 0.3 is 0 Å². The van der Waals surface area contributed by atoms with Crippen LogP contribution in [0.4, 0.5) is 5.13 Å². The lowest BCUT2D eigenvalue weighted by Crippen LogP contribution is -2.18. The Kier molecular flexibility index (Phi) is 6.61. The number of aromatic nitrogens is 2. The summed E-state index contributed by atoms with van der Waals surface area (Å²) in [5.41, 5.74) is 1.02. The highest BCUT2D eigenvalue weighted by atomic mass is 32.1. The number of pyridine rings is 1. The van der Waals surface area contributed by atoms with E-state index in [1.165, 1.54) is 24.5 Å². The van der Waals surface area contributed by atoms with Gasteiger partial charge in [-0.2, -0.15) is 0 Å². The van der Waals surface area contributed by atoms with Crippen molar-refractivity contribution in [3.05, 3.63) is 47.2 Å². The van der Waals surface area contributed by atoms with Gasteiger partial charge in [-0.3, -0.25) is 14.9 Å². The number of furan rings is 1. The third-order valence-corrected chi connectivity index (χ3v) is 4.47. The fourth-order valence-corrected chi connectivity index (χ4v) is 2.98. The fourth-order valence-electron chi connectivity index (χ4n) is 2.29. The number of rotatable bonds is 8. The van der Waals surface area contributed by atoms with Gasteiger partial charge in [0.25, 0.3) is 5.91 Å². The Balaban J connectivity index is 1.59. The minimum absolute atomic E-state index is 0.129. The van der Waals surface area contributed by atoms with Crippen LogP contribution in [-0.4, -0.2) is 28.4 Å². The van der Waals surface area contributed by atoms with E-state index in [1.807, 2.05) is 0 Å². The Labute approximate surface area is 172 Å². The fraction of sp³-hybridized carbons (Fsp3) is 0.300. The Hall–Kier alpha value is -3.20. The van der Waals surface area contributed by atoms with Crippen molar-refractivity contribution in [3.8, 4) is 17.3 Å². The monoisotopic (exact) mass is 414 g/mol. The highest BCUT2D eigenvalue weighted by Crippen LogP contribution is 2.27. The van der Waals surface area contributed by atoms with E-state index in [0.29, 0.717) is 52.9 Å². The van der Waals surface area contributed by atoms with Gasteiger partial charge in [-0.25, -0.2) is 9.97 Å². The second kappa shape index (κ2) is 9.33. The summed E-state index contributed by atoms with van der Waals surface area (Å²) in [5.74, 6) is 1.64. The van der Waals surface area contributed by atoms with Crippen molar-refractivity contribution in [2.45, 2.75) is 27.3 Å². The molecule has 3 aromatic rings. The summed E-state index contributed by atoms with van der Waals surface area (Å²) in [4.78, 5) is 31.9. The molecule has 0 aliphatic carbocycles. The van der Waals surface area contributed by atoms with E-state index in [-0.39, 0.29) is 11.8 Å². The second-order valence-corrected chi connectivity index (χ2v) is 7.62. The molecule has 0 aliphatic heterocycles. The zero-order valence-corrected chi connectivity index (χ0v) is 17.2. The molecule has 3 heterocycles. The van der Waals surface area contributed by atoms with E-state index in [1.54, 1.807) is 29.6 Å². The van der Waals surface area contributed by atoms with Gasteiger partial charge < -0.3 is 14.5 Å². The molecule has 0 spiro atoms. The predicted molar refractivity (Wildman–Crippen MR) is 110 cm³/mol. The van der Waals surface area contributed by atoms with Crippen LogP contribution in [-0.2, 0) is 11.3 Å². The minimum Gasteiger partial charge on any atom is -0.477 e. The van der Waals surface area contributed by atoms with Gasteiger partial charge in [0.15, 0.2) is 10.9 Å². The van der Waals surface area contributed by atoms with E-state index in [9.17, 15) is 9.59 Å². The lowest BCUT2D eigenvalue weighted by atomic mass is 10.2. The molecule has 0 aliphatic rings. The summed E-state index contributed by atoms with van der Waals surface area (Å²) in [6, 6.07) is 6.88. The normalized spacial score (nSPS) is 10.8. The van der Waals surface area contributed by atoms with Gasteiger partial charge in [-0.1, -0.05) is 13.8 Å². The van der Waals surface area contributed by atoms with Gasteiger partial charge in [-0.15, -0.1) is 11.3 Å². The zero-order valence-electron chi connectivity index (χ0n) is 16.4. The molecule has 3 rings (SSSR count). The number of ether oxygens (including phenoxy) is 1. The maximum absolute atomic E-state index is 12.4. The van der Waals surface area contributed by atoms with Crippen molar-refractivity contribution >= 4 is 28.3 Å². The minimum atomic E-state index is -0.306. The molecule has 0 atom stereocenters. The van der Waals surface area contributed by atoms with Crippen molar-refractivity contribution in [2.24, 2.45) is 5.92 Å². The molecule has 2 N–H and O–H groups in total. The molecule has 0 fully saturated rings. The van der Waals surface area contributed by atoms with E-state index < -0.39 is 0 Å². The van der Waals surface area contributed by atoms with Crippen LogP contribution >= 0.6 is 11.3 Å². The number of hydrogen-bond acceptors (Lipinski definition) is 7. The molecule has 0 bridgehead atoms. The predicted octanol–water partition coefficient (Wildman–Crippen LogP) is 3.72. The number of hydrogen-bond donors (Lipinski definition) is 2. The molecule has 0 aromatic carbocycles. The molecule has 9 heteroatoms. The number of carbonyl (C=O) groups excluding carboxylic acids is 2. The van der Waals surface area contributed by atoms with Crippen molar-refractivity contribution in [1.82, 2.24) is 15.3 Å². The average molecular weight is 414 g/mol. The summed E-state index contributed by atoms with van der Waals surface area (Å²) in [5, 5.41) is 7.66. The standard InChI is InChI=1S/C20H22N4O4S/c1-12(2)10-27-18-7-4-14(8-22-18)19(26)24-20-23-16(11-29-20)17-6-5-15(28-17)9-21-13(3)25/h4-8,11-12H,9-10H2,1-3H3,(H,21,25)(H,23,24,26). The Morgan fingerprint density at radius 2 is 2.07 bits per heavy atom. The summed E-state index contributed by atoms with van der Waals surface area (Å²) in [7, 11) is 0. The molecule has 0 saturated carbocycles. The lowest BCUT2D eigenvalue weighted by Gasteiger charge is -2.08. The molecule has 0 radical (unpaired) electrons. The third kappa shape index (κ3) is 5.89. The third-order valence-electron chi connectivity index (χ3n) is 3.71. The summed E-state index contributed by atoms with van der Waals surface area (Å²) < 4.78 is 11.2. The van der Waals surface area contributed by atoms with Crippen molar-refractivity contribution in [1.29, 1.82) is 0 Å². The van der Waals surface area contributed by atoms with Crippen LogP contribution in [0, 0.1) is 5.92 Å². The van der Waals surface area contributed by atoms with Crippen LogP contribution in [0.15, 0.2) is 40.3 Å². The molecule has 3 aromatic heterocycles. The number of anilines is 1. The zero-order chi connectivity index (χ0) is 20.8. The molecule has 0 unspecified atom stereocenters. The molecule has 152 valence electrons. The highest BCUT2D eigenvalue weighted by Gasteiger charge is 2.13. The van der Waals surface area contributed by atoms with Gasteiger partial charge in [0.1, 0.15) is 11.5 Å². The van der Waals surface area contributed by atoms with Crippen LogP contribution in [0.1, 0.15) is 36.9 Å². The quantitative estimate of drug-likeness (QED) is 0.582.